The highest BCUT2D eigenvalue weighted by atomic mass is 79.9. The fourth-order valence-corrected chi connectivity index (χ4v) is 6.18. The predicted octanol–water partition coefficient (Wildman–Crippen LogP) is 5.45. The van der Waals surface area contributed by atoms with Gasteiger partial charge in [-0.3, -0.25) is 9.69 Å². The van der Waals surface area contributed by atoms with Crippen LogP contribution in [0.5, 0.6) is 0 Å². The summed E-state index contributed by atoms with van der Waals surface area (Å²) in [6.45, 7) is 2.99. The van der Waals surface area contributed by atoms with Crippen molar-refractivity contribution in [1.29, 1.82) is 0 Å². The molecule has 1 aliphatic heterocycles. The van der Waals surface area contributed by atoms with E-state index in [-0.39, 0.29) is 17.0 Å². The maximum atomic E-state index is 15.3. The topological polar surface area (TPSA) is 96.0 Å². The Hall–Kier alpha value is -3.26. The summed E-state index contributed by atoms with van der Waals surface area (Å²) in [5.74, 6) is -1.83. The van der Waals surface area contributed by atoms with Gasteiger partial charge in [0.05, 0.1) is 17.9 Å². The van der Waals surface area contributed by atoms with E-state index in [2.05, 4.69) is 30.9 Å². The van der Waals surface area contributed by atoms with Crippen LogP contribution in [0.3, 0.4) is 0 Å². The van der Waals surface area contributed by atoms with Gasteiger partial charge in [-0.25, -0.2) is 18.9 Å². The molecule has 206 valence electrons. The SMILES string of the molecule is O=C(O)c1cn(C2CC2)c2cc(N3CCN(Cn4nc(N=Cc5ccccc5Br)sc4=S)CC3)c(F)cc2c1=O. The van der Waals surface area contributed by atoms with Gasteiger partial charge in [-0.15, -0.1) is 5.10 Å². The molecule has 0 radical (unpaired) electrons. The van der Waals surface area contributed by atoms with Gasteiger partial charge in [0.1, 0.15) is 11.4 Å². The van der Waals surface area contributed by atoms with Gasteiger partial charge in [0, 0.05) is 60.1 Å². The monoisotopic (exact) mass is 642 g/mol. The molecule has 40 heavy (non-hydrogen) atoms. The first kappa shape index (κ1) is 26.9. The summed E-state index contributed by atoms with van der Waals surface area (Å²) in [5.41, 5.74) is 0.944. The van der Waals surface area contributed by atoms with Crippen molar-refractivity contribution in [1.82, 2.24) is 19.2 Å². The van der Waals surface area contributed by atoms with Crippen LogP contribution >= 0.6 is 39.5 Å². The fourth-order valence-electron chi connectivity index (χ4n) is 4.87. The molecule has 1 saturated heterocycles. The van der Waals surface area contributed by atoms with Crippen LogP contribution in [0.2, 0.25) is 0 Å². The van der Waals surface area contributed by atoms with Crippen molar-refractivity contribution in [3.05, 3.63) is 78.2 Å². The Labute approximate surface area is 245 Å². The third kappa shape index (κ3) is 5.38. The van der Waals surface area contributed by atoms with Gasteiger partial charge in [-0.05, 0) is 43.3 Å². The number of hydrogen-bond acceptors (Lipinski definition) is 8. The summed E-state index contributed by atoms with van der Waals surface area (Å²) in [5, 5.41) is 14.7. The van der Waals surface area contributed by atoms with E-state index < -0.39 is 17.2 Å². The standard InChI is InChI=1S/C27H24BrFN6O3S2/c28-20-4-2-1-3-16(20)13-30-26-31-35(27(39)40-26)15-32-7-9-33(10-8-32)23-12-22-18(11-21(23)29)24(36)19(25(37)38)14-34(22)17-5-6-17/h1-4,11-14,17H,5-10,15H2,(H,37,38). The van der Waals surface area contributed by atoms with Crippen molar-refractivity contribution in [2.75, 3.05) is 31.1 Å². The number of carbonyl (C=O) groups is 1. The number of nitrogens with zero attached hydrogens (tertiary/aromatic N) is 6. The van der Waals surface area contributed by atoms with Gasteiger partial charge in [-0.2, -0.15) is 0 Å². The van der Waals surface area contributed by atoms with Crippen LogP contribution in [0, 0.1) is 9.77 Å². The quantitative estimate of drug-likeness (QED) is 0.211. The lowest BCUT2D eigenvalue weighted by Gasteiger charge is -2.36. The molecule has 2 aromatic carbocycles. The molecule has 4 aromatic rings. The number of anilines is 1. The van der Waals surface area contributed by atoms with Crippen LogP contribution in [-0.2, 0) is 6.67 Å². The molecular weight excluding hydrogens is 619 g/mol. The molecule has 13 heteroatoms. The van der Waals surface area contributed by atoms with Gasteiger partial charge >= 0.3 is 5.97 Å². The lowest BCUT2D eigenvalue weighted by molar-refractivity contribution is 0.0695. The van der Waals surface area contributed by atoms with Crippen molar-refractivity contribution in [2.24, 2.45) is 4.99 Å². The number of fused-ring (bicyclic) bond motifs is 1. The zero-order valence-corrected chi connectivity index (χ0v) is 24.4. The molecule has 0 amide bonds. The first-order valence-electron chi connectivity index (χ1n) is 12.7. The number of aromatic carboxylic acids is 1. The van der Waals surface area contributed by atoms with E-state index in [0.29, 0.717) is 53.1 Å². The molecule has 2 aromatic heterocycles. The van der Waals surface area contributed by atoms with Crippen molar-refractivity contribution >= 4 is 73.4 Å². The number of benzene rings is 2. The lowest BCUT2D eigenvalue weighted by atomic mass is 10.1. The Bertz CT molecular complexity index is 1770. The van der Waals surface area contributed by atoms with Crippen molar-refractivity contribution in [3.63, 3.8) is 0 Å². The molecule has 0 unspecified atom stereocenters. The zero-order valence-electron chi connectivity index (χ0n) is 21.2. The summed E-state index contributed by atoms with van der Waals surface area (Å²) < 4.78 is 20.4. The Morgan fingerprint density at radius 3 is 2.67 bits per heavy atom. The van der Waals surface area contributed by atoms with E-state index >= 15 is 4.39 Å². The van der Waals surface area contributed by atoms with Gasteiger partial charge in [0.2, 0.25) is 10.6 Å². The molecule has 9 nitrogen and oxygen atoms in total. The molecule has 1 N–H and O–H groups in total. The second-order valence-electron chi connectivity index (χ2n) is 9.81. The maximum absolute atomic E-state index is 15.3. The van der Waals surface area contributed by atoms with E-state index in [4.69, 9.17) is 12.2 Å². The number of carboxylic acid groups (broad SMARTS) is 1. The average molecular weight is 644 g/mol. The van der Waals surface area contributed by atoms with Gasteiger partial charge < -0.3 is 14.6 Å². The smallest absolute Gasteiger partial charge is 0.341 e. The normalized spacial score (nSPS) is 16.3. The van der Waals surface area contributed by atoms with Crippen LogP contribution in [0.4, 0.5) is 15.2 Å². The minimum absolute atomic E-state index is 0.0997. The third-order valence-electron chi connectivity index (χ3n) is 7.13. The Kier molecular flexibility index (Phi) is 7.38. The second kappa shape index (κ2) is 11.0. The molecule has 1 aliphatic carbocycles. The zero-order chi connectivity index (χ0) is 28.0. The summed E-state index contributed by atoms with van der Waals surface area (Å²) in [7, 11) is 0. The van der Waals surface area contributed by atoms with Crippen molar-refractivity contribution < 1.29 is 14.3 Å². The highest BCUT2D eigenvalue weighted by Crippen LogP contribution is 2.38. The number of piperazine rings is 1. The summed E-state index contributed by atoms with van der Waals surface area (Å²) in [4.78, 5) is 33.0. The molecule has 2 aliphatic rings. The third-order valence-corrected chi connectivity index (χ3v) is 9.07. The number of carboxylic acids is 1. The van der Waals surface area contributed by atoms with Crippen LogP contribution in [0.25, 0.3) is 10.9 Å². The minimum atomic E-state index is -1.30. The second-order valence-corrected chi connectivity index (χ2v) is 12.3. The highest BCUT2D eigenvalue weighted by Gasteiger charge is 2.28. The summed E-state index contributed by atoms with van der Waals surface area (Å²) >= 11 is 10.4. The van der Waals surface area contributed by atoms with E-state index in [1.54, 1.807) is 17.0 Å². The molecule has 1 saturated carbocycles. The molecule has 2 fully saturated rings. The Morgan fingerprint density at radius 2 is 1.98 bits per heavy atom. The molecule has 0 atom stereocenters. The van der Waals surface area contributed by atoms with Crippen molar-refractivity contribution in [2.45, 2.75) is 25.6 Å². The number of hydrogen-bond donors (Lipinski definition) is 1. The van der Waals surface area contributed by atoms with Crippen LogP contribution in [0.1, 0.15) is 34.8 Å². The fraction of sp³-hybridized carbons (Fsp3) is 0.296. The van der Waals surface area contributed by atoms with E-state index in [9.17, 15) is 14.7 Å². The van der Waals surface area contributed by atoms with Crippen LogP contribution in [-0.4, -0.2) is 62.7 Å². The first-order chi connectivity index (χ1) is 19.3. The van der Waals surface area contributed by atoms with E-state index in [1.807, 2.05) is 33.7 Å². The lowest BCUT2D eigenvalue weighted by Crippen LogP contribution is -2.47. The molecular formula is C27H24BrFN6O3S2. The van der Waals surface area contributed by atoms with Crippen LogP contribution in [0.15, 0.2) is 56.9 Å². The van der Waals surface area contributed by atoms with E-state index in [1.165, 1.54) is 23.6 Å². The largest absolute Gasteiger partial charge is 0.477 e. The maximum Gasteiger partial charge on any atom is 0.341 e. The molecule has 0 bridgehead atoms. The van der Waals surface area contributed by atoms with Crippen molar-refractivity contribution in [3.8, 4) is 0 Å². The Balaban J connectivity index is 1.17. The first-order valence-corrected chi connectivity index (χ1v) is 14.8. The summed E-state index contributed by atoms with van der Waals surface area (Å²) in [6.07, 6.45) is 4.96. The molecule has 0 spiro atoms. The van der Waals surface area contributed by atoms with Gasteiger partial charge in [0.15, 0.2) is 3.95 Å². The highest BCUT2D eigenvalue weighted by molar-refractivity contribution is 9.10. The number of rotatable bonds is 7. The van der Waals surface area contributed by atoms with E-state index in [0.717, 1.165) is 22.9 Å². The van der Waals surface area contributed by atoms with Gasteiger partial charge in [-0.1, -0.05) is 45.5 Å². The average Bonchev–Trinajstić information content (AvgIpc) is 3.72. The summed E-state index contributed by atoms with van der Waals surface area (Å²) in [6, 6.07) is 10.8. The van der Waals surface area contributed by atoms with Crippen LogP contribution < -0.4 is 10.3 Å². The number of aromatic nitrogens is 3. The molecule has 3 heterocycles. The minimum Gasteiger partial charge on any atom is -0.477 e. The number of pyridine rings is 1. The number of aliphatic imine (C=N–C) groups is 1. The predicted molar refractivity (Wildman–Crippen MR) is 160 cm³/mol. The molecule has 6 rings (SSSR count). The Morgan fingerprint density at radius 1 is 1.23 bits per heavy atom. The number of halogens is 2. The van der Waals surface area contributed by atoms with Gasteiger partial charge in [0.25, 0.3) is 0 Å².